The maximum absolute atomic E-state index is 9.91. The van der Waals surface area contributed by atoms with E-state index in [1.807, 2.05) is 6.07 Å². The summed E-state index contributed by atoms with van der Waals surface area (Å²) in [5.74, 6) is -1.75. The molecule has 0 N–H and O–H groups in total. The molecule has 0 atom stereocenters. The van der Waals surface area contributed by atoms with Crippen LogP contribution >= 0.6 is 0 Å². The van der Waals surface area contributed by atoms with Crippen LogP contribution in [0.4, 0.5) is 0 Å². The Hall–Kier alpha value is -7.83. The SMILES string of the molecule is [2H]c1c([2H])c([2H])c(-c2c([2H])c([2H])c3c4c([2H])c([2H])c([2H])c([2H])c4n(-c4nc(-c5ccc6c(c5)oc5ccccc56)nc(-n5c6c([2H])c([2H])c([2H])c([2H])c6c6c([2H])c([2H])c(-c7c([2H])c([2H])c([2H])c([2H])c7[2H])c([2H])c65)n4)c3c2[2H])c([2H])c1[2H]. The minimum atomic E-state index is -0.870. The molecule has 12 rings (SSSR count). The first kappa shape index (κ1) is 16.1. The van der Waals surface area contributed by atoms with Crippen LogP contribution in [0.5, 0.6) is 0 Å². The van der Waals surface area contributed by atoms with Gasteiger partial charge in [0.15, 0.2) is 5.82 Å². The first-order valence-corrected chi connectivity index (χ1v) is 17.2. The lowest BCUT2D eigenvalue weighted by atomic mass is 10.0. The highest BCUT2D eigenvalue weighted by Gasteiger charge is 2.22. The van der Waals surface area contributed by atoms with E-state index in [9.17, 15) is 13.7 Å². The molecule has 0 unspecified atom stereocenters. The molecule has 0 aliphatic carbocycles. The van der Waals surface area contributed by atoms with Crippen LogP contribution in [0, 0.1) is 0 Å². The van der Waals surface area contributed by atoms with Crippen LogP contribution in [-0.2, 0) is 0 Å². The molecule has 0 spiro atoms. The number of nitrogens with zero attached hydrogens (tertiary/aromatic N) is 5. The average Bonchev–Trinajstić information content (AvgIpc) is 3.69. The normalized spacial score (nSPS) is 17.8. The van der Waals surface area contributed by atoms with Crippen molar-refractivity contribution in [2.45, 2.75) is 0 Å². The summed E-state index contributed by atoms with van der Waals surface area (Å²) < 4.78 is 224. The van der Waals surface area contributed by atoms with Gasteiger partial charge in [0.2, 0.25) is 11.9 Å². The van der Waals surface area contributed by atoms with Crippen LogP contribution in [0.1, 0.15) is 32.9 Å². The van der Waals surface area contributed by atoms with Crippen molar-refractivity contribution in [3.05, 3.63) is 187 Å². The van der Waals surface area contributed by atoms with Crippen LogP contribution < -0.4 is 0 Å². The summed E-state index contributed by atoms with van der Waals surface area (Å²) in [4.78, 5) is 14.4. The Labute approximate surface area is 360 Å². The lowest BCUT2D eigenvalue weighted by Crippen LogP contribution is -2.10. The molecule has 4 aromatic heterocycles. The maximum atomic E-state index is 9.91. The van der Waals surface area contributed by atoms with Gasteiger partial charge in [-0.3, -0.25) is 9.13 Å². The van der Waals surface area contributed by atoms with E-state index in [0.717, 1.165) is 9.13 Å². The lowest BCUT2D eigenvalue weighted by Gasteiger charge is -2.13. The number of hydrogen-bond acceptors (Lipinski definition) is 4. The summed E-state index contributed by atoms with van der Waals surface area (Å²) in [5, 5.41) is -0.507. The molecule has 6 nitrogen and oxygen atoms in total. The average molecular weight is 754 g/mol. The van der Waals surface area contributed by atoms with Crippen LogP contribution in [0.15, 0.2) is 192 Å². The van der Waals surface area contributed by atoms with Gasteiger partial charge in [0.05, 0.1) is 55.0 Å². The van der Waals surface area contributed by atoms with E-state index in [0.29, 0.717) is 16.4 Å². The predicted octanol–water partition coefficient (Wildman–Crippen LogP) is 13.0. The molecule has 4 heterocycles. The van der Waals surface area contributed by atoms with E-state index in [1.165, 1.54) is 6.07 Å². The zero-order valence-electron chi connectivity index (χ0n) is 52.7. The van der Waals surface area contributed by atoms with Crippen LogP contribution in [-0.4, -0.2) is 24.1 Å². The number of fused-ring (bicyclic) bond motifs is 9. The van der Waals surface area contributed by atoms with E-state index in [-0.39, 0.29) is 17.0 Å². The number of hydrogen-bond donors (Lipinski definition) is 0. The summed E-state index contributed by atoms with van der Waals surface area (Å²) >= 11 is 0. The molecule has 0 saturated heterocycles. The third-order valence-electron chi connectivity index (χ3n) is 9.46. The third kappa shape index (κ3) is 4.94. The fourth-order valence-electron chi connectivity index (χ4n) is 6.97. The van der Waals surface area contributed by atoms with Gasteiger partial charge in [-0.25, -0.2) is 0 Å². The molecule has 57 heavy (non-hydrogen) atoms. The van der Waals surface area contributed by atoms with Crippen molar-refractivity contribution in [1.82, 2.24) is 24.1 Å². The largest absolute Gasteiger partial charge is 0.456 e. The lowest BCUT2D eigenvalue weighted by molar-refractivity contribution is 0.669. The molecule has 12 aromatic rings. The van der Waals surface area contributed by atoms with Gasteiger partial charge in [0.25, 0.3) is 0 Å². The second-order valence-electron chi connectivity index (χ2n) is 12.6. The Balaban J connectivity index is 1.32. The topological polar surface area (TPSA) is 61.7 Å². The summed E-state index contributed by atoms with van der Waals surface area (Å²) in [6, 6.07) is -8.26. The first-order chi connectivity index (χ1) is 38.2. The van der Waals surface area contributed by atoms with Gasteiger partial charge in [-0.1, -0.05) is 145 Å². The highest BCUT2D eigenvalue weighted by molar-refractivity contribution is 6.11. The number of para-hydroxylation sites is 3. The Morgan fingerprint density at radius 3 is 1.49 bits per heavy atom. The third-order valence-corrected chi connectivity index (χ3v) is 9.46. The number of rotatable bonds is 5. The molecule has 0 amide bonds. The van der Waals surface area contributed by atoms with E-state index < -0.39 is 223 Å². The second kappa shape index (κ2) is 12.3. The molecule has 0 radical (unpaired) electrons. The van der Waals surface area contributed by atoms with Crippen LogP contribution in [0.3, 0.4) is 0 Å². The zero-order valence-corrected chi connectivity index (χ0v) is 28.7. The van der Waals surface area contributed by atoms with Crippen LogP contribution in [0.2, 0.25) is 0 Å². The molecule has 6 heteroatoms. The molecule has 0 aliphatic rings. The predicted molar refractivity (Wildman–Crippen MR) is 232 cm³/mol. The van der Waals surface area contributed by atoms with Gasteiger partial charge >= 0.3 is 0 Å². The molecule has 266 valence electrons. The second-order valence-corrected chi connectivity index (χ2v) is 12.6. The highest BCUT2D eigenvalue weighted by Crippen LogP contribution is 2.38. The minimum absolute atomic E-state index is 0.109. The number of aromatic nitrogens is 5. The first-order valence-electron chi connectivity index (χ1n) is 29.2. The molecular formula is C51H31N5O. The Morgan fingerprint density at radius 1 is 0.386 bits per heavy atom. The summed E-state index contributed by atoms with van der Waals surface area (Å²) in [6.45, 7) is 0. The summed E-state index contributed by atoms with van der Waals surface area (Å²) in [5.41, 5.74) is -4.04. The summed E-state index contributed by atoms with van der Waals surface area (Å²) in [6.07, 6.45) is 0. The van der Waals surface area contributed by atoms with E-state index in [2.05, 4.69) is 0 Å². The van der Waals surface area contributed by atoms with Crippen molar-refractivity contribution < 1.29 is 37.3 Å². The molecule has 0 aliphatic heterocycles. The van der Waals surface area contributed by atoms with Gasteiger partial charge in [0.1, 0.15) is 11.2 Å². The summed E-state index contributed by atoms with van der Waals surface area (Å²) in [7, 11) is 0. The zero-order chi connectivity index (χ0) is 58.3. The van der Waals surface area contributed by atoms with Gasteiger partial charge in [-0.05, 0) is 64.6 Å². The van der Waals surface area contributed by atoms with Gasteiger partial charge in [0, 0.05) is 37.9 Å². The highest BCUT2D eigenvalue weighted by atomic mass is 16.3. The Kier molecular flexibility index (Phi) is 3.49. The molecular weight excluding hydrogens is 699 g/mol. The Morgan fingerprint density at radius 2 is 0.895 bits per heavy atom. The van der Waals surface area contributed by atoms with E-state index >= 15 is 0 Å². The molecule has 0 bridgehead atoms. The fourth-order valence-corrected chi connectivity index (χ4v) is 6.97. The monoisotopic (exact) mass is 753 g/mol. The van der Waals surface area contributed by atoms with Gasteiger partial charge in [-0.2, -0.15) is 15.0 Å². The smallest absolute Gasteiger partial charge is 0.240 e. The molecule has 8 aromatic carbocycles. The van der Waals surface area contributed by atoms with Crippen molar-refractivity contribution in [2.75, 3.05) is 0 Å². The van der Waals surface area contributed by atoms with Gasteiger partial charge < -0.3 is 4.42 Å². The van der Waals surface area contributed by atoms with E-state index in [4.69, 9.17) is 38.6 Å². The fraction of sp³-hybridized carbons (Fsp3) is 0. The number of furan rings is 1. The van der Waals surface area contributed by atoms with Crippen molar-refractivity contribution in [3.63, 3.8) is 0 Å². The maximum Gasteiger partial charge on any atom is 0.240 e. The Bertz CT molecular complexity index is 4650. The van der Waals surface area contributed by atoms with E-state index in [1.54, 1.807) is 30.3 Å². The van der Waals surface area contributed by atoms with Crippen molar-refractivity contribution in [2.24, 2.45) is 0 Å². The minimum Gasteiger partial charge on any atom is -0.456 e. The van der Waals surface area contributed by atoms with Crippen molar-refractivity contribution in [3.8, 4) is 45.5 Å². The quantitative estimate of drug-likeness (QED) is 0.176. The van der Waals surface area contributed by atoms with Crippen LogP contribution in [0.25, 0.3) is 111 Å². The standard InChI is InChI=1S/C51H31N5O/c1-3-13-32(14-4-1)34-23-26-39-37-17-7-10-20-43(37)55(45(39)29-34)50-52-49(36-25-28-42-41-19-9-12-22-47(41)57-48(42)31-36)53-51(54-50)56-44-21-11-8-18-38(44)40-27-24-35(30-46(40)56)33-15-5-2-6-16-33/h1-31H/i1D,2D,3D,4D,5D,6D,7D,8D,10D,11D,13D,14D,15D,16D,17D,18D,20D,21D,23D,24D,26D,27D,29D,30D. The molecule has 0 saturated carbocycles. The van der Waals surface area contributed by atoms with Gasteiger partial charge in [-0.15, -0.1) is 0 Å². The van der Waals surface area contributed by atoms with Crippen molar-refractivity contribution in [1.29, 1.82) is 0 Å². The molecule has 0 fully saturated rings. The number of benzene rings is 8. The van der Waals surface area contributed by atoms with Crippen molar-refractivity contribution >= 4 is 65.6 Å².